The molecule has 0 bridgehead atoms. The summed E-state index contributed by atoms with van der Waals surface area (Å²) >= 11 is 0. The number of nitrogens with one attached hydrogen (secondary N) is 2. The zero-order chi connectivity index (χ0) is 18.9. The summed E-state index contributed by atoms with van der Waals surface area (Å²) in [7, 11) is 0. The number of rotatable bonds is 3. The molecule has 1 aromatic heterocycles. The van der Waals surface area contributed by atoms with Crippen molar-refractivity contribution in [1.29, 1.82) is 5.26 Å². The smallest absolute Gasteiger partial charge is 0.207 e. The second-order valence-electron chi connectivity index (χ2n) is 6.55. The number of piperidine rings is 1. The number of morpholine rings is 1. The molecule has 0 spiro atoms. The number of benzene rings is 1. The van der Waals surface area contributed by atoms with Crippen LogP contribution in [0.5, 0.6) is 0 Å². The van der Waals surface area contributed by atoms with Crippen LogP contribution in [0.3, 0.4) is 0 Å². The zero-order valence-electron chi connectivity index (χ0n) is 15.4. The lowest BCUT2D eigenvalue weighted by Crippen LogP contribution is -2.39. The second kappa shape index (κ2) is 9.86. The lowest BCUT2D eigenvalue weighted by molar-refractivity contribution is -0.110. The topological polar surface area (TPSA) is 90.3 Å². The molecule has 7 nitrogen and oxygen atoms in total. The van der Waals surface area contributed by atoms with Crippen LogP contribution in [0, 0.1) is 11.3 Å². The average Bonchev–Trinajstić information content (AvgIpc) is 2.75. The SMILES string of the molecule is N#Cc1ccc(N2CCOCC2)c2cccnc12.O=CNC1CCNCC1. The molecule has 2 aliphatic rings. The number of fused-ring (bicyclic) bond motifs is 1. The van der Waals surface area contributed by atoms with Crippen LogP contribution < -0.4 is 15.5 Å². The minimum atomic E-state index is 0.420. The number of ether oxygens (including phenoxy) is 1. The largest absolute Gasteiger partial charge is 0.378 e. The molecular formula is C20H25N5O2. The van der Waals surface area contributed by atoms with E-state index >= 15 is 0 Å². The van der Waals surface area contributed by atoms with Gasteiger partial charge < -0.3 is 20.3 Å². The normalized spacial score (nSPS) is 17.5. The second-order valence-corrected chi connectivity index (χ2v) is 6.55. The molecule has 1 aromatic carbocycles. The van der Waals surface area contributed by atoms with Gasteiger partial charge in [-0.15, -0.1) is 0 Å². The van der Waals surface area contributed by atoms with Gasteiger partial charge in [-0.1, -0.05) is 0 Å². The van der Waals surface area contributed by atoms with Crippen molar-refractivity contribution in [3.8, 4) is 6.07 Å². The van der Waals surface area contributed by atoms with Crippen LogP contribution in [0.2, 0.25) is 0 Å². The van der Waals surface area contributed by atoms with E-state index in [1.807, 2.05) is 24.3 Å². The van der Waals surface area contributed by atoms with E-state index in [0.717, 1.165) is 75.2 Å². The van der Waals surface area contributed by atoms with Crippen LogP contribution in [0.25, 0.3) is 10.9 Å². The molecule has 1 amide bonds. The highest BCUT2D eigenvalue weighted by Gasteiger charge is 2.15. The lowest BCUT2D eigenvalue weighted by atomic mass is 10.1. The molecule has 0 saturated carbocycles. The van der Waals surface area contributed by atoms with Gasteiger partial charge >= 0.3 is 0 Å². The zero-order valence-corrected chi connectivity index (χ0v) is 15.4. The van der Waals surface area contributed by atoms with Crippen molar-refractivity contribution in [3.05, 3.63) is 36.0 Å². The van der Waals surface area contributed by atoms with Gasteiger partial charge in [-0.3, -0.25) is 9.78 Å². The Kier molecular flexibility index (Phi) is 6.97. The first kappa shape index (κ1) is 19.1. The number of carbonyl (C=O) groups excluding carboxylic acids is 1. The fourth-order valence-corrected chi connectivity index (χ4v) is 3.41. The summed E-state index contributed by atoms with van der Waals surface area (Å²) in [6, 6.07) is 10.4. The van der Waals surface area contributed by atoms with Crippen LogP contribution in [-0.4, -0.2) is 56.8 Å². The maximum atomic E-state index is 9.94. The minimum absolute atomic E-state index is 0.420. The Morgan fingerprint density at radius 2 is 2.04 bits per heavy atom. The Morgan fingerprint density at radius 1 is 1.26 bits per heavy atom. The maximum Gasteiger partial charge on any atom is 0.207 e. The number of carbonyl (C=O) groups is 1. The van der Waals surface area contributed by atoms with Crippen molar-refractivity contribution >= 4 is 23.0 Å². The summed E-state index contributed by atoms with van der Waals surface area (Å²) in [5, 5.41) is 16.1. The number of hydrogen-bond donors (Lipinski definition) is 2. The predicted molar refractivity (Wildman–Crippen MR) is 105 cm³/mol. The number of pyridine rings is 1. The standard InChI is InChI=1S/C14H13N3O.C6H12N2O/c15-10-11-3-4-13(17-6-8-18-9-7-17)12-2-1-5-16-14(11)12;9-5-8-6-1-3-7-4-2-6/h1-5H,6-9H2;5-7H,1-4H2,(H,8,9). The number of anilines is 1. The molecule has 7 heteroatoms. The number of nitriles is 1. The Hall–Kier alpha value is -2.69. The molecule has 0 aliphatic carbocycles. The first-order chi connectivity index (χ1) is 13.3. The van der Waals surface area contributed by atoms with E-state index < -0.39 is 0 Å². The quantitative estimate of drug-likeness (QED) is 0.798. The minimum Gasteiger partial charge on any atom is -0.378 e. The first-order valence-corrected chi connectivity index (χ1v) is 9.34. The van der Waals surface area contributed by atoms with Crippen LogP contribution in [0.1, 0.15) is 18.4 Å². The summed E-state index contributed by atoms with van der Waals surface area (Å²) in [5.74, 6) is 0. The summed E-state index contributed by atoms with van der Waals surface area (Å²) in [4.78, 5) is 16.6. The van der Waals surface area contributed by atoms with Crippen molar-refractivity contribution in [2.45, 2.75) is 18.9 Å². The highest BCUT2D eigenvalue weighted by atomic mass is 16.5. The third-order valence-electron chi connectivity index (χ3n) is 4.86. The maximum absolute atomic E-state index is 9.94. The number of nitrogens with zero attached hydrogens (tertiary/aromatic N) is 3. The van der Waals surface area contributed by atoms with E-state index in [1.54, 1.807) is 6.20 Å². The molecule has 2 aromatic rings. The molecule has 2 N–H and O–H groups in total. The molecule has 2 fully saturated rings. The summed E-state index contributed by atoms with van der Waals surface area (Å²) in [6.45, 7) is 5.34. The van der Waals surface area contributed by atoms with E-state index in [0.29, 0.717) is 11.6 Å². The van der Waals surface area contributed by atoms with Crippen LogP contribution in [0.4, 0.5) is 5.69 Å². The van der Waals surface area contributed by atoms with Gasteiger partial charge in [0.2, 0.25) is 6.41 Å². The third-order valence-corrected chi connectivity index (χ3v) is 4.86. The van der Waals surface area contributed by atoms with E-state index in [1.165, 1.54) is 0 Å². The van der Waals surface area contributed by atoms with E-state index in [9.17, 15) is 4.79 Å². The average molecular weight is 367 g/mol. The Morgan fingerprint density at radius 3 is 2.74 bits per heavy atom. The Labute approximate surface area is 159 Å². The third kappa shape index (κ3) is 4.94. The number of aromatic nitrogens is 1. The highest BCUT2D eigenvalue weighted by molar-refractivity contribution is 5.95. The Balaban J connectivity index is 0.000000197. The molecule has 4 rings (SSSR count). The molecule has 2 aliphatic heterocycles. The van der Waals surface area contributed by atoms with Gasteiger partial charge in [0.05, 0.1) is 24.3 Å². The molecule has 0 unspecified atom stereocenters. The predicted octanol–water partition coefficient (Wildman–Crippen LogP) is 1.43. The van der Waals surface area contributed by atoms with Gasteiger partial charge in [-0.05, 0) is 50.2 Å². The molecule has 142 valence electrons. The summed E-state index contributed by atoms with van der Waals surface area (Å²) in [5.41, 5.74) is 2.55. The molecule has 0 atom stereocenters. The fraction of sp³-hybridized carbons (Fsp3) is 0.450. The monoisotopic (exact) mass is 367 g/mol. The van der Waals surface area contributed by atoms with Crippen molar-refractivity contribution in [2.24, 2.45) is 0 Å². The van der Waals surface area contributed by atoms with Crippen molar-refractivity contribution in [1.82, 2.24) is 15.6 Å². The Bertz CT molecular complexity index is 793. The molecule has 0 radical (unpaired) electrons. The van der Waals surface area contributed by atoms with Gasteiger partial charge in [0.15, 0.2) is 0 Å². The van der Waals surface area contributed by atoms with E-state index in [-0.39, 0.29) is 0 Å². The van der Waals surface area contributed by atoms with Crippen molar-refractivity contribution < 1.29 is 9.53 Å². The number of hydrogen-bond acceptors (Lipinski definition) is 6. The number of amides is 1. The van der Waals surface area contributed by atoms with Gasteiger partial charge in [-0.2, -0.15) is 5.26 Å². The van der Waals surface area contributed by atoms with Gasteiger partial charge in [0, 0.05) is 36.4 Å². The van der Waals surface area contributed by atoms with E-state index in [2.05, 4.69) is 26.6 Å². The van der Waals surface area contributed by atoms with Crippen molar-refractivity contribution in [3.63, 3.8) is 0 Å². The van der Waals surface area contributed by atoms with E-state index in [4.69, 9.17) is 10.00 Å². The molecule has 3 heterocycles. The molecular weight excluding hydrogens is 342 g/mol. The molecule has 27 heavy (non-hydrogen) atoms. The van der Waals surface area contributed by atoms with Gasteiger partial charge in [-0.25, -0.2) is 0 Å². The summed E-state index contributed by atoms with van der Waals surface area (Å²) in [6.07, 6.45) is 4.65. The molecule has 2 saturated heterocycles. The fourth-order valence-electron chi connectivity index (χ4n) is 3.41. The van der Waals surface area contributed by atoms with Crippen LogP contribution in [-0.2, 0) is 9.53 Å². The van der Waals surface area contributed by atoms with Crippen molar-refractivity contribution in [2.75, 3.05) is 44.3 Å². The highest BCUT2D eigenvalue weighted by Crippen LogP contribution is 2.28. The lowest BCUT2D eigenvalue weighted by Gasteiger charge is -2.29. The summed E-state index contributed by atoms with van der Waals surface area (Å²) < 4.78 is 5.37. The van der Waals surface area contributed by atoms with Crippen LogP contribution in [0.15, 0.2) is 30.5 Å². The van der Waals surface area contributed by atoms with Crippen LogP contribution >= 0.6 is 0 Å². The first-order valence-electron chi connectivity index (χ1n) is 9.34. The van der Waals surface area contributed by atoms with Gasteiger partial charge in [0.1, 0.15) is 6.07 Å². The van der Waals surface area contributed by atoms with Gasteiger partial charge in [0.25, 0.3) is 0 Å².